The molecule has 0 spiro atoms. The molecule has 14 heavy (non-hydrogen) atoms. The van der Waals surface area contributed by atoms with Crippen molar-refractivity contribution >= 4 is 21.6 Å². The Morgan fingerprint density at radius 3 is 2.64 bits per heavy atom. The van der Waals surface area contributed by atoms with Crippen molar-refractivity contribution in [1.29, 1.82) is 0 Å². The fourth-order valence-electron chi connectivity index (χ4n) is 1.26. The molecule has 1 nitrogen and oxygen atoms in total. The van der Waals surface area contributed by atoms with Gasteiger partial charge in [-0.2, -0.15) is 0 Å². The van der Waals surface area contributed by atoms with Crippen LogP contribution in [0.2, 0.25) is 0 Å². The van der Waals surface area contributed by atoms with Gasteiger partial charge in [-0.3, -0.25) is 0 Å². The van der Waals surface area contributed by atoms with E-state index in [1.165, 1.54) is 17.7 Å². The van der Waals surface area contributed by atoms with E-state index in [0.29, 0.717) is 0 Å². The van der Waals surface area contributed by atoms with E-state index in [9.17, 15) is 0 Å². The fourth-order valence-corrected chi connectivity index (χ4v) is 1.89. The average Bonchev–Trinajstić information content (AvgIpc) is 2.08. The molecule has 0 aromatic heterocycles. The molecule has 0 heterocycles. The Labute approximate surface area is 95.0 Å². The summed E-state index contributed by atoms with van der Waals surface area (Å²) < 4.78 is 1.15. The van der Waals surface area contributed by atoms with E-state index in [0.717, 1.165) is 16.9 Å². The highest BCUT2D eigenvalue weighted by molar-refractivity contribution is 9.10. The van der Waals surface area contributed by atoms with E-state index >= 15 is 0 Å². The molecular formula is C12H18BrN. The molecule has 0 saturated carbocycles. The molecule has 0 fully saturated rings. The maximum Gasteiger partial charge on any atom is 0.0484 e. The zero-order valence-corrected chi connectivity index (χ0v) is 10.7. The second-order valence-corrected chi connectivity index (χ2v) is 4.95. The van der Waals surface area contributed by atoms with Crippen LogP contribution in [-0.4, -0.2) is 6.54 Å². The van der Waals surface area contributed by atoms with Crippen LogP contribution in [0.5, 0.6) is 0 Å². The molecule has 0 amide bonds. The monoisotopic (exact) mass is 255 g/mol. The van der Waals surface area contributed by atoms with Gasteiger partial charge in [-0.15, -0.1) is 0 Å². The van der Waals surface area contributed by atoms with Crippen molar-refractivity contribution in [2.45, 2.75) is 27.2 Å². The number of nitrogens with one attached hydrogen (secondary N) is 1. The zero-order valence-electron chi connectivity index (χ0n) is 9.10. The summed E-state index contributed by atoms with van der Waals surface area (Å²) in [5.74, 6) is 0.756. The first-order valence-electron chi connectivity index (χ1n) is 5.09. The first kappa shape index (κ1) is 11.6. The van der Waals surface area contributed by atoms with E-state index in [4.69, 9.17) is 0 Å². The molecule has 0 atom stereocenters. The first-order valence-corrected chi connectivity index (χ1v) is 5.89. The van der Waals surface area contributed by atoms with E-state index < -0.39 is 0 Å². The van der Waals surface area contributed by atoms with Crippen molar-refractivity contribution in [2.24, 2.45) is 5.92 Å². The van der Waals surface area contributed by atoms with Crippen LogP contribution in [0.3, 0.4) is 0 Å². The highest BCUT2D eigenvalue weighted by atomic mass is 79.9. The molecule has 1 N–H and O–H groups in total. The van der Waals surface area contributed by atoms with Crippen LogP contribution >= 0.6 is 15.9 Å². The molecule has 0 aliphatic heterocycles. The summed E-state index contributed by atoms with van der Waals surface area (Å²) in [6.45, 7) is 7.62. The molecule has 0 aliphatic rings. The van der Waals surface area contributed by atoms with Crippen LogP contribution in [0.15, 0.2) is 22.7 Å². The highest BCUT2D eigenvalue weighted by Gasteiger charge is 1.99. The third-order valence-corrected chi connectivity index (χ3v) is 2.82. The van der Waals surface area contributed by atoms with Crippen LogP contribution in [0.1, 0.15) is 25.8 Å². The summed E-state index contributed by atoms with van der Waals surface area (Å²) in [6.07, 6.45) is 1.21. The molecule has 78 valence electrons. The van der Waals surface area contributed by atoms with Crippen molar-refractivity contribution in [3.05, 3.63) is 28.2 Å². The minimum atomic E-state index is 0.756. The largest absolute Gasteiger partial charge is 0.384 e. The van der Waals surface area contributed by atoms with Crippen molar-refractivity contribution in [1.82, 2.24) is 0 Å². The predicted molar refractivity (Wildman–Crippen MR) is 66.8 cm³/mol. The summed E-state index contributed by atoms with van der Waals surface area (Å²) in [5, 5.41) is 3.42. The Balaban J connectivity index is 2.51. The normalized spacial score (nSPS) is 10.6. The van der Waals surface area contributed by atoms with Crippen LogP contribution in [0.4, 0.5) is 5.69 Å². The van der Waals surface area contributed by atoms with E-state index in [-0.39, 0.29) is 0 Å². The van der Waals surface area contributed by atoms with Crippen LogP contribution in [0, 0.1) is 12.8 Å². The van der Waals surface area contributed by atoms with Gasteiger partial charge in [-0.1, -0.05) is 19.9 Å². The molecule has 2 heteroatoms. The topological polar surface area (TPSA) is 12.0 Å². The Kier molecular flexibility index (Phi) is 4.46. The van der Waals surface area contributed by atoms with E-state index in [1.807, 2.05) is 0 Å². The number of rotatable bonds is 4. The Bertz CT molecular complexity index is 294. The zero-order chi connectivity index (χ0) is 10.6. The van der Waals surface area contributed by atoms with Crippen molar-refractivity contribution in [3.8, 4) is 0 Å². The van der Waals surface area contributed by atoms with Crippen LogP contribution in [-0.2, 0) is 0 Å². The number of anilines is 1. The lowest BCUT2D eigenvalue weighted by Crippen LogP contribution is -2.05. The second-order valence-electron chi connectivity index (χ2n) is 4.09. The minimum Gasteiger partial charge on any atom is -0.384 e. The summed E-state index contributed by atoms with van der Waals surface area (Å²) in [6, 6.07) is 6.39. The SMILES string of the molecule is Cc1ccc(NCCC(C)C)c(Br)c1. The van der Waals surface area contributed by atoms with Crippen molar-refractivity contribution < 1.29 is 0 Å². The maximum atomic E-state index is 3.55. The number of hydrogen-bond donors (Lipinski definition) is 1. The Morgan fingerprint density at radius 1 is 1.36 bits per heavy atom. The maximum absolute atomic E-state index is 3.55. The summed E-state index contributed by atoms with van der Waals surface area (Å²) in [7, 11) is 0. The standard InChI is InChI=1S/C12H18BrN/c1-9(2)6-7-14-12-5-4-10(3)8-11(12)13/h4-5,8-9,14H,6-7H2,1-3H3. The van der Waals surface area contributed by atoms with Gasteiger partial charge in [-0.25, -0.2) is 0 Å². The smallest absolute Gasteiger partial charge is 0.0484 e. The summed E-state index contributed by atoms with van der Waals surface area (Å²) >= 11 is 3.55. The van der Waals surface area contributed by atoms with E-state index in [2.05, 4.69) is 60.2 Å². The van der Waals surface area contributed by atoms with Gasteiger partial charge in [0.25, 0.3) is 0 Å². The van der Waals surface area contributed by atoms with Crippen LogP contribution < -0.4 is 5.32 Å². The second kappa shape index (κ2) is 5.40. The van der Waals surface area contributed by atoms with Gasteiger partial charge >= 0.3 is 0 Å². The number of hydrogen-bond acceptors (Lipinski definition) is 1. The van der Waals surface area contributed by atoms with Gasteiger partial charge in [0.2, 0.25) is 0 Å². The molecule has 0 unspecified atom stereocenters. The van der Waals surface area contributed by atoms with Gasteiger partial charge in [0.05, 0.1) is 0 Å². The number of benzene rings is 1. The first-order chi connectivity index (χ1) is 6.59. The number of aryl methyl sites for hydroxylation is 1. The third-order valence-electron chi connectivity index (χ3n) is 2.16. The lowest BCUT2D eigenvalue weighted by molar-refractivity contribution is 0.607. The molecule has 0 bridgehead atoms. The molecule has 1 rings (SSSR count). The van der Waals surface area contributed by atoms with Crippen molar-refractivity contribution in [3.63, 3.8) is 0 Å². The van der Waals surface area contributed by atoms with Gasteiger partial charge in [0.1, 0.15) is 0 Å². The molecule has 1 aromatic carbocycles. The molecule has 0 radical (unpaired) electrons. The lowest BCUT2D eigenvalue weighted by Gasteiger charge is -2.10. The highest BCUT2D eigenvalue weighted by Crippen LogP contribution is 2.23. The Morgan fingerprint density at radius 2 is 2.07 bits per heavy atom. The molecule has 0 saturated heterocycles. The molecule has 1 aromatic rings. The minimum absolute atomic E-state index is 0.756. The quantitative estimate of drug-likeness (QED) is 0.850. The predicted octanol–water partition coefficient (Wildman–Crippen LogP) is 4.22. The van der Waals surface area contributed by atoms with Crippen LogP contribution in [0.25, 0.3) is 0 Å². The van der Waals surface area contributed by atoms with Gasteiger partial charge in [-0.05, 0) is 52.9 Å². The lowest BCUT2D eigenvalue weighted by atomic mass is 10.1. The molecular weight excluding hydrogens is 238 g/mol. The van der Waals surface area contributed by atoms with Crippen molar-refractivity contribution in [2.75, 3.05) is 11.9 Å². The van der Waals surface area contributed by atoms with Gasteiger partial charge in [0, 0.05) is 16.7 Å². The fraction of sp³-hybridized carbons (Fsp3) is 0.500. The molecule has 0 aliphatic carbocycles. The van der Waals surface area contributed by atoms with Gasteiger partial charge in [0.15, 0.2) is 0 Å². The summed E-state index contributed by atoms with van der Waals surface area (Å²) in [4.78, 5) is 0. The number of halogens is 1. The van der Waals surface area contributed by atoms with Gasteiger partial charge < -0.3 is 5.32 Å². The Hall–Kier alpha value is -0.500. The summed E-state index contributed by atoms with van der Waals surface area (Å²) in [5.41, 5.74) is 2.47. The average molecular weight is 256 g/mol. The van der Waals surface area contributed by atoms with E-state index in [1.54, 1.807) is 0 Å². The third kappa shape index (κ3) is 3.70.